The summed E-state index contributed by atoms with van der Waals surface area (Å²) in [6, 6.07) is 22.7. The monoisotopic (exact) mass is 466 g/mol. The summed E-state index contributed by atoms with van der Waals surface area (Å²) in [7, 11) is 0. The predicted molar refractivity (Wildman–Crippen MR) is 143 cm³/mol. The van der Waals surface area contributed by atoms with Crippen LogP contribution < -0.4 is 0 Å². The van der Waals surface area contributed by atoms with Crippen molar-refractivity contribution < 1.29 is 9.90 Å². The highest BCUT2D eigenvalue weighted by Gasteiger charge is 2.31. The minimum atomic E-state index is -0.00672. The number of carbonyl (C=O) groups is 1. The van der Waals surface area contributed by atoms with Gasteiger partial charge in [0.15, 0.2) is 5.78 Å². The minimum Gasteiger partial charge on any atom is -0.512 e. The molecule has 1 aliphatic rings. The Hall–Kier alpha value is -3.22. The molecule has 1 aliphatic carbocycles. The zero-order valence-electron chi connectivity index (χ0n) is 19.8. The molecule has 172 valence electrons. The number of thioether (sulfide) groups is 1. The quantitative estimate of drug-likeness (QED) is 0.287. The zero-order chi connectivity index (χ0) is 24.1. The van der Waals surface area contributed by atoms with Crippen LogP contribution in [0.4, 0.5) is 0 Å². The Labute approximate surface area is 207 Å². The fraction of sp³-hybridized carbons (Fsp3) is 0.258. The van der Waals surface area contributed by atoms with Crippen molar-refractivity contribution in [1.82, 2.24) is 0 Å². The molecule has 0 aliphatic heterocycles. The molecule has 0 amide bonds. The van der Waals surface area contributed by atoms with E-state index in [4.69, 9.17) is 6.42 Å². The molecule has 3 aromatic rings. The number of terminal acetylenes is 1. The van der Waals surface area contributed by atoms with Gasteiger partial charge in [-0.1, -0.05) is 66.9 Å². The van der Waals surface area contributed by atoms with Gasteiger partial charge < -0.3 is 5.11 Å². The molecule has 3 heteroatoms. The van der Waals surface area contributed by atoms with Crippen molar-refractivity contribution in [3.63, 3.8) is 0 Å². The SMILES string of the molecule is C#Cc1cc(-c2ccccc2)cc(CC)c1C1=C(O)CC(CCSc2ccc(C)cc2)CC1=O. The number of benzene rings is 3. The number of hydrogen-bond donors (Lipinski definition) is 1. The highest BCUT2D eigenvalue weighted by atomic mass is 32.2. The van der Waals surface area contributed by atoms with Crippen molar-refractivity contribution in [3.8, 4) is 23.5 Å². The molecule has 0 saturated heterocycles. The van der Waals surface area contributed by atoms with E-state index in [1.165, 1.54) is 10.5 Å². The van der Waals surface area contributed by atoms with Crippen LogP contribution >= 0.6 is 11.8 Å². The normalized spacial score (nSPS) is 15.9. The molecule has 0 heterocycles. The molecule has 1 atom stereocenters. The first kappa shape index (κ1) is 23.9. The van der Waals surface area contributed by atoms with Gasteiger partial charge in [0.1, 0.15) is 5.76 Å². The Morgan fingerprint density at radius 2 is 1.76 bits per heavy atom. The largest absolute Gasteiger partial charge is 0.512 e. The highest BCUT2D eigenvalue weighted by Crippen LogP contribution is 2.38. The summed E-state index contributed by atoms with van der Waals surface area (Å²) in [6.07, 6.45) is 8.48. The van der Waals surface area contributed by atoms with Gasteiger partial charge in [0, 0.05) is 28.9 Å². The van der Waals surface area contributed by atoms with Gasteiger partial charge in [-0.2, -0.15) is 0 Å². The number of aliphatic hydroxyl groups is 1. The number of aryl methyl sites for hydroxylation is 2. The van der Waals surface area contributed by atoms with Gasteiger partial charge in [0.25, 0.3) is 0 Å². The lowest BCUT2D eigenvalue weighted by molar-refractivity contribution is -0.115. The van der Waals surface area contributed by atoms with Gasteiger partial charge in [0.05, 0.1) is 5.57 Å². The molecule has 34 heavy (non-hydrogen) atoms. The second-order valence-corrected chi connectivity index (χ2v) is 10.1. The molecule has 0 saturated carbocycles. The fourth-order valence-electron chi connectivity index (χ4n) is 4.63. The van der Waals surface area contributed by atoms with Gasteiger partial charge in [-0.05, 0) is 66.3 Å². The van der Waals surface area contributed by atoms with Gasteiger partial charge in [0.2, 0.25) is 0 Å². The summed E-state index contributed by atoms with van der Waals surface area (Å²) in [5, 5.41) is 11.0. The third-order valence-corrected chi connectivity index (χ3v) is 7.50. The minimum absolute atomic E-state index is 0.00672. The number of aliphatic hydroxyl groups excluding tert-OH is 1. The van der Waals surface area contributed by atoms with Crippen LogP contribution in [0.1, 0.15) is 48.4 Å². The number of rotatable bonds is 7. The first-order chi connectivity index (χ1) is 16.5. The second-order valence-electron chi connectivity index (χ2n) is 8.89. The molecule has 2 nitrogen and oxygen atoms in total. The lowest BCUT2D eigenvalue weighted by atomic mass is 9.79. The number of carbonyl (C=O) groups excluding carboxylic acids is 1. The van der Waals surface area contributed by atoms with Gasteiger partial charge >= 0.3 is 0 Å². The standard InChI is InChI=1S/C31H30O2S/c1-4-23-19-26(25-9-7-6-8-10-25)20-24(5-2)30(23)31-28(32)17-22(18-29(31)33)15-16-34-27-13-11-21(3)12-14-27/h1,6-14,19-20,22,32H,5,15-18H2,2-3H3. The van der Waals surface area contributed by atoms with E-state index in [0.717, 1.165) is 40.8 Å². The fourth-order valence-corrected chi connectivity index (χ4v) is 5.64. The van der Waals surface area contributed by atoms with Crippen LogP contribution in [0.15, 0.2) is 77.4 Å². The highest BCUT2D eigenvalue weighted by molar-refractivity contribution is 7.99. The van der Waals surface area contributed by atoms with E-state index in [1.807, 2.05) is 24.3 Å². The molecule has 4 rings (SSSR count). The number of ketones is 1. The summed E-state index contributed by atoms with van der Waals surface area (Å²) >= 11 is 1.80. The summed E-state index contributed by atoms with van der Waals surface area (Å²) in [5.41, 5.74) is 6.19. The maximum atomic E-state index is 13.3. The van der Waals surface area contributed by atoms with E-state index in [-0.39, 0.29) is 17.5 Å². The van der Waals surface area contributed by atoms with Crippen molar-refractivity contribution >= 4 is 23.1 Å². The Bertz CT molecular complexity index is 1250. The molecule has 0 bridgehead atoms. The van der Waals surface area contributed by atoms with E-state index in [1.54, 1.807) is 11.8 Å². The molecular formula is C31H30O2S. The maximum absolute atomic E-state index is 13.3. The zero-order valence-corrected chi connectivity index (χ0v) is 20.6. The third kappa shape index (κ3) is 5.29. The number of Topliss-reactive ketones (excluding diaryl/α,β-unsaturated/α-hetero) is 1. The summed E-state index contributed by atoms with van der Waals surface area (Å²) in [6.45, 7) is 4.14. The van der Waals surface area contributed by atoms with Crippen LogP contribution in [0.2, 0.25) is 0 Å². The molecule has 0 aromatic heterocycles. The van der Waals surface area contributed by atoms with E-state index >= 15 is 0 Å². The third-order valence-electron chi connectivity index (χ3n) is 6.45. The van der Waals surface area contributed by atoms with Crippen molar-refractivity contribution in [2.45, 2.75) is 44.4 Å². The lowest BCUT2D eigenvalue weighted by Crippen LogP contribution is -2.21. The molecular weight excluding hydrogens is 436 g/mol. The van der Waals surface area contributed by atoms with Crippen LogP contribution in [0.5, 0.6) is 0 Å². The van der Waals surface area contributed by atoms with E-state index in [9.17, 15) is 9.90 Å². The molecule has 0 fully saturated rings. The Kier molecular flexibility index (Phi) is 7.60. The molecule has 0 spiro atoms. The summed E-state index contributed by atoms with van der Waals surface area (Å²) in [4.78, 5) is 14.5. The molecule has 1 N–H and O–H groups in total. The van der Waals surface area contributed by atoms with Crippen molar-refractivity contribution in [2.24, 2.45) is 5.92 Å². The van der Waals surface area contributed by atoms with Crippen molar-refractivity contribution in [2.75, 3.05) is 5.75 Å². The van der Waals surface area contributed by atoms with Crippen LogP contribution in [0.3, 0.4) is 0 Å². The van der Waals surface area contributed by atoms with Crippen LogP contribution in [-0.4, -0.2) is 16.6 Å². The van der Waals surface area contributed by atoms with Crippen LogP contribution in [-0.2, 0) is 11.2 Å². The average molecular weight is 467 g/mol. The Morgan fingerprint density at radius 3 is 2.41 bits per heavy atom. The van der Waals surface area contributed by atoms with Gasteiger partial charge in [-0.25, -0.2) is 0 Å². The smallest absolute Gasteiger partial charge is 0.167 e. The van der Waals surface area contributed by atoms with E-state index in [0.29, 0.717) is 24.0 Å². The predicted octanol–water partition coefficient (Wildman–Crippen LogP) is 7.64. The first-order valence-electron chi connectivity index (χ1n) is 11.8. The second kappa shape index (κ2) is 10.8. The molecule has 3 aromatic carbocycles. The van der Waals surface area contributed by atoms with E-state index in [2.05, 4.69) is 62.2 Å². The number of allylic oxidation sites excluding steroid dienone is 2. The first-order valence-corrected chi connectivity index (χ1v) is 12.8. The summed E-state index contributed by atoms with van der Waals surface area (Å²) < 4.78 is 0. The average Bonchev–Trinajstić information content (AvgIpc) is 2.85. The van der Waals surface area contributed by atoms with E-state index < -0.39 is 0 Å². The Balaban J connectivity index is 1.57. The summed E-state index contributed by atoms with van der Waals surface area (Å²) in [5.74, 6) is 4.03. The van der Waals surface area contributed by atoms with Gasteiger partial charge in [-0.3, -0.25) is 4.79 Å². The molecule has 1 unspecified atom stereocenters. The van der Waals surface area contributed by atoms with Crippen LogP contribution in [0.25, 0.3) is 16.7 Å². The van der Waals surface area contributed by atoms with Crippen molar-refractivity contribution in [1.29, 1.82) is 0 Å². The maximum Gasteiger partial charge on any atom is 0.167 e. The molecule has 0 radical (unpaired) electrons. The number of hydrogen-bond acceptors (Lipinski definition) is 3. The van der Waals surface area contributed by atoms with Gasteiger partial charge in [-0.15, -0.1) is 18.2 Å². The Morgan fingerprint density at radius 1 is 1.03 bits per heavy atom. The van der Waals surface area contributed by atoms with Crippen LogP contribution in [0, 0.1) is 25.2 Å². The topological polar surface area (TPSA) is 37.3 Å². The van der Waals surface area contributed by atoms with Crippen molar-refractivity contribution in [3.05, 3.63) is 94.7 Å². The lowest BCUT2D eigenvalue weighted by Gasteiger charge is -2.25.